The van der Waals surface area contributed by atoms with Gasteiger partial charge in [-0.1, -0.05) is 48.5 Å². The van der Waals surface area contributed by atoms with Gasteiger partial charge in [0.25, 0.3) is 11.9 Å². The summed E-state index contributed by atoms with van der Waals surface area (Å²) < 4.78 is 10.5. The molecule has 34 heavy (non-hydrogen) atoms. The number of amides is 2. The third-order valence-corrected chi connectivity index (χ3v) is 5.25. The van der Waals surface area contributed by atoms with E-state index < -0.39 is 18.0 Å². The Kier molecular flexibility index (Phi) is 7.13. The number of carboxylic acids is 1. The third-order valence-electron chi connectivity index (χ3n) is 5.25. The molecule has 176 valence electrons. The molecule has 11 heteroatoms. The Hall–Kier alpha value is -4.25. The molecule has 1 heterocycles. The largest absolute Gasteiger partial charge is 0.481 e. The molecule has 0 unspecified atom stereocenters. The lowest BCUT2D eigenvalue weighted by Gasteiger charge is -2.13. The Morgan fingerprint density at radius 2 is 1.68 bits per heavy atom. The van der Waals surface area contributed by atoms with Crippen LogP contribution in [0.25, 0.3) is 11.1 Å². The van der Waals surface area contributed by atoms with Crippen molar-refractivity contribution in [2.45, 2.75) is 12.3 Å². The van der Waals surface area contributed by atoms with E-state index in [0.29, 0.717) is 0 Å². The van der Waals surface area contributed by atoms with Crippen LogP contribution in [0.2, 0.25) is 0 Å². The first-order valence-electron chi connectivity index (χ1n) is 10.6. The summed E-state index contributed by atoms with van der Waals surface area (Å²) in [6.07, 6.45) is -0.847. The fraction of sp³-hybridized carbons (Fsp3) is 0.261. The van der Waals surface area contributed by atoms with Gasteiger partial charge in [-0.15, -0.1) is 5.10 Å². The van der Waals surface area contributed by atoms with Gasteiger partial charge in [0.15, 0.2) is 0 Å². The second-order valence-corrected chi connectivity index (χ2v) is 7.47. The Bertz CT molecular complexity index is 1150. The summed E-state index contributed by atoms with van der Waals surface area (Å²) in [5.74, 6) is -1.78. The molecular weight excluding hydrogens is 442 g/mol. The zero-order chi connectivity index (χ0) is 23.9. The summed E-state index contributed by atoms with van der Waals surface area (Å²) in [4.78, 5) is 38.7. The van der Waals surface area contributed by atoms with Crippen LogP contribution in [0.1, 0.15) is 34.1 Å². The first kappa shape index (κ1) is 22.9. The lowest BCUT2D eigenvalue weighted by atomic mass is 9.98. The van der Waals surface area contributed by atoms with Crippen molar-refractivity contribution in [1.29, 1.82) is 0 Å². The number of benzene rings is 2. The fourth-order valence-corrected chi connectivity index (χ4v) is 3.73. The Labute approximate surface area is 194 Å². The van der Waals surface area contributed by atoms with Gasteiger partial charge in [-0.25, -0.2) is 4.79 Å². The number of fused-ring (bicyclic) bond motifs is 3. The van der Waals surface area contributed by atoms with Crippen molar-refractivity contribution in [2.24, 2.45) is 0 Å². The lowest BCUT2D eigenvalue weighted by molar-refractivity contribution is -0.138. The van der Waals surface area contributed by atoms with Crippen LogP contribution in [0.15, 0.2) is 48.5 Å². The minimum absolute atomic E-state index is 0.0573. The normalized spacial score (nSPS) is 12.0. The first-order valence-corrected chi connectivity index (χ1v) is 10.6. The molecule has 0 radical (unpaired) electrons. The van der Waals surface area contributed by atoms with E-state index >= 15 is 0 Å². The van der Waals surface area contributed by atoms with Crippen molar-refractivity contribution < 1.29 is 29.0 Å². The van der Waals surface area contributed by atoms with Crippen LogP contribution in [-0.2, 0) is 14.3 Å². The van der Waals surface area contributed by atoms with Gasteiger partial charge in [0.1, 0.15) is 6.61 Å². The maximum Gasteiger partial charge on any atom is 0.414 e. The van der Waals surface area contributed by atoms with E-state index in [1.165, 1.54) is 0 Å². The van der Waals surface area contributed by atoms with E-state index in [-0.39, 0.29) is 50.5 Å². The molecule has 1 aromatic heterocycles. The maximum atomic E-state index is 12.3. The number of ether oxygens (including phenoxy) is 2. The van der Waals surface area contributed by atoms with Gasteiger partial charge in [0.05, 0.1) is 19.6 Å². The fourth-order valence-electron chi connectivity index (χ4n) is 3.73. The molecule has 4 N–H and O–H groups in total. The molecule has 0 aliphatic heterocycles. The zero-order valence-electron chi connectivity index (χ0n) is 18.1. The number of carbonyl (C=O) groups is 3. The van der Waals surface area contributed by atoms with Gasteiger partial charge >= 0.3 is 12.1 Å². The molecule has 3 aromatic rings. The minimum Gasteiger partial charge on any atom is -0.481 e. The molecule has 4 rings (SSSR count). The molecule has 0 fully saturated rings. The molecule has 0 spiro atoms. The van der Waals surface area contributed by atoms with Crippen molar-refractivity contribution in [1.82, 2.24) is 20.5 Å². The highest BCUT2D eigenvalue weighted by molar-refractivity contribution is 5.91. The number of aliphatic carboxylic acids is 1. The van der Waals surface area contributed by atoms with Gasteiger partial charge < -0.3 is 19.9 Å². The SMILES string of the molecule is O=C(O)CCOCCNC(=O)c1nc(NC(=O)OCC2c3ccccc3-c3ccccc32)n[nH]1. The Balaban J connectivity index is 1.25. The number of aromatic amines is 1. The van der Waals surface area contributed by atoms with Crippen LogP contribution in [0.3, 0.4) is 0 Å². The summed E-state index contributed by atoms with van der Waals surface area (Å²) in [5.41, 5.74) is 4.45. The second-order valence-electron chi connectivity index (χ2n) is 7.47. The van der Waals surface area contributed by atoms with Crippen molar-refractivity contribution in [3.05, 3.63) is 65.5 Å². The van der Waals surface area contributed by atoms with Gasteiger partial charge in [0.2, 0.25) is 5.82 Å². The van der Waals surface area contributed by atoms with Crippen LogP contribution in [0.5, 0.6) is 0 Å². The van der Waals surface area contributed by atoms with Gasteiger partial charge in [-0.3, -0.25) is 20.0 Å². The highest BCUT2D eigenvalue weighted by atomic mass is 16.5. The molecule has 1 aliphatic carbocycles. The number of rotatable bonds is 10. The number of hydrogen-bond acceptors (Lipinski definition) is 7. The average molecular weight is 465 g/mol. The van der Waals surface area contributed by atoms with Gasteiger partial charge in [-0.2, -0.15) is 4.98 Å². The number of H-pyrrole nitrogens is 1. The molecule has 0 saturated carbocycles. The summed E-state index contributed by atoms with van der Waals surface area (Å²) in [7, 11) is 0. The third kappa shape index (κ3) is 5.38. The van der Waals surface area contributed by atoms with Crippen molar-refractivity contribution in [2.75, 3.05) is 31.7 Å². The summed E-state index contributed by atoms with van der Waals surface area (Å²) in [5, 5.41) is 19.7. The molecular formula is C23H23N5O6. The van der Waals surface area contributed by atoms with Gasteiger partial charge in [-0.05, 0) is 22.3 Å². The predicted octanol–water partition coefficient (Wildman–Crippen LogP) is 2.39. The molecule has 0 bridgehead atoms. The molecule has 11 nitrogen and oxygen atoms in total. The number of carboxylic acid groups (broad SMARTS) is 1. The number of carbonyl (C=O) groups excluding carboxylic acids is 2. The topological polar surface area (TPSA) is 156 Å². The van der Waals surface area contributed by atoms with E-state index in [9.17, 15) is 14.4 Å². The minimum atomic E-state index is -0.956. The van der Waals surface area contributed by atoms with E-state index in [1.807, 2.05) is 36.4 Å². The zero-order valence-corrected chi connectivity index (χ0v) is 18.1. The quantitative estimate of drug-likeness (QED) is 0.333. The Morgan fingerprint density at radius 1 is 1.00 bits per heavy atom. The van der Waals surface area contributed by atoms with E-state index in [1.54, 1.807) is 0 Å². The number of hydrogen-bond donors (Lipinski definition) is 4. The van der Waals surface area contributed by atoms with Crippen LogP contribution in [0, 0.1) is 0 Å². The van der Waals surface area contributed by atoms with Crippen LogP contribution in [-0.4, -0.2) is 64.6 Å². The van der Waals surface area contributed by atoms with Crippen molar-refractivity contribution >= 4 is 23.9 Å². The van der Waals surface area contributed by atoms with Crippen LogP contribution < -0.4 is 10.6 Å². The highest BCUT2D eigenvalue weighted by Crippen LogP contribution is 2.44. The van der Waals surface area contributed by atoms with Crippen molar-refractivity contribution in [3.8, 4) is 11.1 Å². The summed E-state index contributed by atoms with van der Waals surface area (Å²) in [6.45, 7) is 0.507. The molecule has 0 atom stereocenters. The number of nitrogens with zero attached hydrogens (tertiary/aromatic N) is 2. The standard InChI is InChI=1S/C23H23N5O6/c29-19(30)9-11-33-12-10-24-21(31)20-25-22(28-27-20)26-23(32)34-13-18-16-7-3-1-5-14(16)15-6-2-4-8-17(15)18/h1-8,18H,9-13H2,(H,24,31)(H,29,30)(H2,25,26,27,28,32). The molecule has 2 aromatic carbocycles. The van der Waals surface area contributed by atoms with Gasteiger partial charge in [0, 0.05) is 12.5 Å². The Morgan fingerprint density at radius 3 is 2.35 bits per heavy atom. The summed E-state index contributed by atoms with van der Waals surface area (Å²) >= 11 is 0. The molecule has 1 aliphatic rings. The van der Waals surface area contributed by atoms with Crippen LogP contribution in [0.4, 0.5) is 10.7 Å². The number of anilines is 1. The van der Waals surface area contributed by atoms with Crippen LogP contribution >= 0.6 is 0 Å². The van der Waals surface area contributed by atoms with Crippen molar-refractivity contribution in [3.63, 3.8) is 0 Å². The average Bonchev–Trinajstić information content (AvgIpc) is 3.42. The lowest BCUT2D eigenvalue weighted by Crippen LogP contribution is -2.28. The highest BCUT2D eigenvalue weighted by Gasteiger charge is 2.29. The first-order chi connectivity index (χ1) is 16.5. The molecule has 2 amide bonds. The summed E-state index contributed by atoms with van der Waals surface area (Å²) in [6, 6.07) is 16.0. The second kappa shape index (κ2) is 10.6. The number of aromatic nitrogens is 3. The monoisotopic (exact) mass is 465 g/mol. The smallest absolute Gasteiger partial charge is 0.414 e. The van der Waals surface area contributed by atoms with E-state index in [2.05, 4.69) is 37.9 Å². The molecule has 0 saturated heterocycles. The van der Waals surface area contributed by atoms with E-state index in [0.717, 1.165) is 22.3 Å². The van der Waals surface area contributed by atoms with E-state index in [4.69, 9.17) is 14.6 Å². The number of nitrogens with one attached hydrogen (secondary N) is 3. The predicted molar refractivity (Wildman–Crippen MR) is 120 cm³/mol. The maximum absolute atomic E-state index is 12.3.